The first-order chi connectivity index (χ1) is 12.3. The number of fused-ring (bicyclic) bond motifs is 1. The number of thiophene rings is 1. The molecule has 0 bridgehead atoms. The number of nitrogens with zero attached hydrogens (tertiary/aromatic N) is 4. The fourth-order valence-electron chi connectivity index (χ4n) is 3.09. The summed E-state index contributed by atoms with van der Waals surface area (Å²) in [5.74, 6) is 1.05. The SMILES string of the molecule is NCc1ccc(C(=O)N2CCN(c3ncnc4ccsc34)CC2)cc1. The quantitative estimate of drug-likeness (QED) is 0.780. The zero-order valence-electron chi connectivity index (χ0n) is 13.8. The Morgan fingerprint density at radius 3 is 2.56 bits per heavy atom. The molecule has 0 aliphatic carbocycles. The molecule has 1 fully saturated rings. The van der Waals surface area contributed by atoms with Gasteiger partial charge in [0.25, 0.3) is 5.91 Å². The smallest absolute Gasteiger partial charge is 0.253 e. The third-order valence-electron chi connectivity index (χ3n) is 4.53. The van der Waals surface area contributed by atoms with E-state index < -0.39 is 0 Å². The molecule has 128 valence electrons. The van der Waals surface area contributed by atoms with Crippen LogP contribution in [0, 0.1) is 0 Å². The van der Waals surface area contributed by atoms with Gasteiger partial charge in [0.15, 0.2) is 0 Å². The van der Waals surface area contributed by atoms with Gasteiger partial charge in [0, 0.05) is 38.3 Å². The van der Waals surface area contributed by atoms with Gasteiger partial charge in [0.1, 0.15) is 12.1 Å². The van der Waals surface area contributed by atoms with E-state index in [1.54, 1.807) is 17.7 Å². The number of carbonyl (C=O) groups excluding carboxylic acids is 1. The topological polar surface area (TPSA) is 75.4 Å². The van der Waals surface area contributed by atoms with Crippen LogP contribution < -0.4 is 10.6 Å². The normalized spacial score (nSPS) is 14.9. The number of anilines is 1. The van der Waals surface area contributed by atoms with Gasteiger partial charge >= 0.3 is 0 Å². The minimum Gasteiger partial charge on any atom is -0.352 e. The Hall–Kier alpha value is -2.51. The Balaban J connectivity index is 1.45. The van der Waals surface area contributed by atoms with E-state index >= 15 is 0 Å². The second kappa shape index (κ2) is 6.78. The lowest BCUT2D eigenvalue weighted by Gasteiger charge is -2.35. The molecule has 3 heterocycles. The average Bonchev–Trinajstić information content (AvgIpc) is 3.16. The molecule has 2 aromatic heterocycles. The second-order valence-corrected chi connectivity index (χ2v) is 6.93. The molecule has 0 unspecified atom stereocenters. The standard InChI is InChI=1S/C18H19N5OS/c19-11-13-1-3-14(4-2-13)18(24)23-8-6-22(7-9-23)17-16-15(5-10-25-16)20-12-21-17/h1-5,10,12H,6-9,11,19H2. The predicted molar refractivity (Wildman–Crippen MR) is 99.9 cm³/mol. The number of carbonyl (C=O) groups is 1. The second-order valence-electron chi connectivity index (χ2n) is 6.01. The first-order valence-electron chi connectivity index (χ1n) is 8.27. The number of nitrogens with two attached hydrogens (primary N) is 1. The van der Waals surface area contributed by atoms with Crippen molar-refractivity contribution in [3.63, 3.8) is 0 Å². The van der Waals surface area contributed by atoms with Crippen molar-refractivity contribution in [3.05, 3.63) is 53.2 Å². The van der Waals surface area contributed by atoms with Crippen molar-refractivity contribution in [2.24, 2.45) is 5.73 Å². The zero-order valence-corrected chi connectivity index (χ0v) is 14.6. The highest BCUT2D eigenvalue weighted by Gasteiger charge is 2.24. The van der Waals surface area contributed by atoms with E-state index in [2.05, 4.69) is 14.9 Å². The molecule has 7 heteroatoms. The highest BCUT2D eigenvalue weighted by molar-refractivity contribution is 7.17. The van der Waals surface area contributed by atoms with Crippen LogP contribution in [0.3, 0.4) is 0 Å². The van der Waals surface area contributed by atoms with E-state index in [4.69, 9.17) is 5.73 Å². The number of hydrogen-bond acceptors (Lipinski definition) is 6. The van der Waals surface area contributed by atoms with Gasteiger partial charge < -0.3 is 15.5 Å². The molecular formula is C18H19N5OS. The molecule has 0 atom stereocenters. The minimum absolute atomic E-state index is 0.0761. The molecule has 6 nitrogen and oxygen atoms in total. The Labute approximate surface area is 149 Å². The summed E-state index contributed by atoms with van der Waals surface area (Å²) >= 11 is 1.66. The maximum Gasteiger partial charge on any atom is 0.253 e. The lowest BCUT2D eigenvalue weighted by atomic mass is 10.1. The fourth-order valence-corrected chi connectivity index (χ4v) is 3.95. The van der Waals surface area contributed by atoms with Crippen LogP contribution in [0.1, 0.15) is 15.9 Å². The maximum absolute atomic E-state index is 12.7. The summed E-state index contributed by atoms with van der Waals surface area (Å²) in [6.07, 6.45) is 1.61. The molecule has 0 spiro atoms. The molecule has 1 aliphatic rings. The Morgan fingerprint density at radius 1 is 1.08 bits per heavy atom. The van der Waals surface area contributed by atoms with Gasteiger partial charge in [-0.25, -0.2) is 9.97 Å². The van der Waals surface area contributed by atoms with Crippen LogP contribution in [0.15, 0.2) is 42.0 Å². The van der Waals surface area contributed by atoms with Gasteiger partial charge in [-0.1, -0.05) is 12.1 Å². The lowest BCUT2D eigenvalue weighted by molar-refractivity contribution is 0.0746. The van der Waals surface area contributed by atoms with E-state index in [9.17, 15) is 4.79 Å². The summed E-state index contributed by atoms with van der Waals surface area (Å²) in [6.45, 7) is 3.42. The number of rotatable bonds is 3. The number of hydrogen-bond donors (Lipinski definition) is 1. The Morgan fingerprint density at radius 2 is 1.84 bits per heavy atom. The van der Waals surface area contributed by atoms with Gasteiger partial charge in [-0.3, -0.25) is 4.79 Å². The monoisotopic (exact) mass is 353 g/mol. The molecule has 1 aromatic carbocycles. The first-order valence-corrected chi connectivity index (χ1v) is 9.15. The van der Waals surface area contributed by atoms with E-state index in [0.29, 0.717) is 25.2 Å². The number of aromatic nitrogens is 2. The third-order valence-corrected chi connectivity index (χ3v) is 5.43. The molecule has 25 heavy (non-hydrogen) atoms. The molecule has 0 saturated carbocycles. The number of benzene rings is 1. The summed E-state index contributed by atoms with van der Waals surface area (Å²) < 4.78 is 1.11. The summed E-state index contributed by atoms with van der Waals surface area (Å²) in [5, 5.41) is 2.04. The molecule has 4 rings (SSSR count). The third kappa shape index (κ3) is 3.08. The molecule has 1 aliphatic heterocycles. The van der Waals surface area contributed by atoms with Crippen LogP contribution in [0.5, 0.6) is 0 Å². The largest absolute Gasteiger partial charge is 0.352 e. The van der Waals surface area contributed by atoms with Crippen molar-refractivity contribution in [1.82, 2.24) is 14.9 Å². The summed E-state index contributed by atoms with van der Waals surface area (Å²) in [4.78, 5) is 25.6. The van der Waals surface area contributed by atoms with Crippen molar-refractivity contribution in [2.75, 3.05) is 31.1 Å². The molecule has 2 N–H and O–H groups in total. The summed E-state index contributed by atoms with van der Waals surface area (Å²) in [6, 6.07) is 9.55. The van der Waals surface area contributed by atoms with Crippen molar-refractivity contribution in [3.8, 4) is 0 Å². The van der Waals surface area contributed by atoms with Gasteiger partial charge in [-0.05, 0) is 29.1 Å². The van der Waals surface area contributed by atoms with E-state index in [0.717, 1.165) is 34.7 Å². The van der Waals surface area contributed by atoms with Gasteiger partial charge in [0.05, 0.1) is 10.2 Å². The first kappa shape index (κ1) is 16.0. The van der Waals surface area contributed by atoms with Gasteiger partial charge in [0.2, 0.25) is 0 Å². The minimum atomic E-state index is 0.0761. The molecule has 0 radical (unpaired) electrons. The van der Waals surface area contributed by atoms with Gasteiger partial charge in [-0.2, -0.15) is 0 Å². The van der Waals surface area contributed by atoms with Crippen molar-refractivity contribution < 1.29 is 4.79 Å². The Bertz CT molecular complexity index is 884. The predicted octanol–water partition coefficient (Wildman–Crippen LogP) is 2.11. The number of piperazine rings is 1. The van der Waals surface area contributed by atoms with Crippen LogP contribution in [0.25, 0.3) is 10.2 Å². The number of amides is 1. The van der Waals surface area contributed by atoms with Crippen molar-refractivity contribution in [1.29, 1.82) is 0 Å². The summed E-state index contributed by atoms with van der Waals surface area (Å²) in [5.41, 5.74) is 8.34. The van der Waals surface area contributed by atoms with Crippen LogP contribution in [-0.4, -0.2) is 47.0 Å². The van der Waals surface area contributed by atoms with Crippen molar-refractivity contribution >= 4 is 33.3 Å². The highest BCUT2D eigenvalue weighted by atomic mass is 32.1. The van der Waals surface area contributed by atoms with Crippen LogP contribution >= 0.6 is 11.3 Å². The molecular weight excluding hydrogens is 334 g/mol. The highest BCUT2D eigenvalue weighted by Crippen LogP contribution is 2.28. The fraction of sp³-hybridized carbons (Fsp3) is 0.278. The molecule has 1 amide bonds. The van der Waals surface area contributed by atoms with Gasteiger partial charge in [-0.15, -0.1) is 11.3 Å². The lowest BCUT2D eigenvalue weighted by Crippen LogP contribution is -2.49. The maximum atomic E-state index is 12.7. The molecule has 1 saturated heterocycles. The van der Waals surface area contributed by atoms with Crippen LogP contribution in [-0.2, 0) is 6.54 Å². The summed E-state index contributed by atoms with van der Waals surface area (Å²) in [7, 11) is 0. The van der Waals surface area contributed by atoms with E-state index in [1.165, 1.54) is 0 Å². The Kier molecular flexibility index (Phi) is 4.33. The van der Waals surface area contributed by atoms with Crippen LogP contribution in [0.2, 0.25) is 0 Å². The average molecular weight is 353 g/mol. The zero-order chi connectivity index (χ0) is 17.2. The van der Waals surface area contributed by atoms with E-state index in [-0.39, 0.29) is 5.91 Å². The molecule has 3 aromatic rings. The van der Waals surface area contributed by atoms with Crippen molar-refractivity contribution in [2.45, 2.75) is 6.54 Å². The van der Waals surface area contributed by atoms with Crippen LogP contribution in [0.4, 0.5) is 5.82 Å². The van der Waals surface area contributed by atoms with E-state index in [1.807, 2.05) is 40.6 Å².